The van der Waals surface area contributed by atoms with Crippen molar-refractivity contribution in [2.75, 3.05) is 27.7 Å². The second kappa shape index (κ2) is 4.33. The molecule has 0 N–H and O–H groups in total. The van der Waals surface area contributed by atoms with Gasteiger partial charge in [-0.2, -0.15) is 0 Å². The molecule has 1 aliphatic rings. The van der Waals surface area contributed by atoms with Gasteiger partial charge in [-0.25, -0.2) is 0 Å². The Morgan fingerprint density at radius 2 is 2.31 bits per heavy atom. The third-order valence-electron chi connectivity index (χ3n) is 2.10. The monoisotopic (exact) mass is 234 g/mol. The molecule has 1 rings (SSSR count). The van der Waals surface area contributed by atoms with Gasteiger partial charge in [-0.15, -0.1) is 6.42 Å². The van der Waals surface area contributed by atoms with Crippen molar-refractivity contribution in [3.8, 4) is 12.3 Å². The van der Waals surface area contributed by atoms with E-state index in [0.717, 1.165) is 13.0 Å². The summed E-state index contributed by atoms with van der Waals surface area (Å²) in [6, 6.07) is 0. The molecule has 2 unspecified atom stereocenters. The van der Waals surface area contributed by atoms with Crippen LogP contribution < -0.4 is 0 Å². The Labute approximate surface area is 89.9 Å². The van der Waals surface area contributed by atoms with Crippen LogP contribution in [-0.4, -0.2) is 42.3 Å². The molecule has 0 amide bonds. The van der Waals surface area contributed by atoms with Gasteiger partial charge >= 0.3 is 0 Å². The maximum Gasteiger partial charge on any atom is 0.133 e. The molecular weight excluding hydrogens is 219 g/mol. The summed E-state index contributed by atoms with van der Waals surface area (Å²) in [6.07, 6.45) is 6.49. The molecule has 0 spiro atoms. The van der Waals surface area contributed by atoms with Crippen molar-refractivity contribution in [1.29, 1.82) is 0 Å². The minimum atomic E-state index is -1.57. The van der Waals surface area contributed by atoms with Gasteiger partial charge in [0, 0.05) is 6.54 Å². The summed E-state index contributed by atoms with van der Waals surface area (Å²) in [5.41, 5.74) is -1.57. The molecule has 0 radical (unpaired) electrons. The van der Waals surface area contributed by atoms with Gasteiger partial charge in [-0.05, 0) is 27.6 Å². The molecule has 1 fully saturated rings. The van der Waals surface area contributed by atoms with Gasteiger partial charge in [-0.3, -0.25) is 9.34 Å². The molecule has 74 valence electrons. The molecule has 0 aromatic carbocycles. The first-order valence-corrected chi connectivity index (χ1v) is 8.34. The average Bonchev–Trinajstić information content (AvgIpc) is 2.09. The van der Waals surface area contributed by atoms with Gasteiger partial charge in [-0.1, -0.05) is 29.1 Å². The van der Waals surface area contributed by atoms with Crippen LogP contribution in [0.25, 0.3) is 0 Å². The summed E-state index contributed by atoms with van der Waals surface area (Å²) in [4.78, 5) is 0. The smallest absolute Gasteiger partial charge is 0.133 e. The quantitative estimate of drug-likeness (QED) is 0.504. The zero-order valence-corrected chi connectivity index (χ0v) is 10.8. The van der Waals surface area contributed by atoms with E-state index in [4.69, 9.17) is 18.2 Å². The first-order chi connectivity index (χ1) is 6.00. The zero-order chi connectivity index (χ0) is 10.1. The van der Waals surface area contributed by atoms with Crippen molar-refractivity contribution < 1.29 is 0 Å². The highest BCUT2D eigenvalue weighted by Crippen LogP contribution is 2.66. The van der Waals surface area contributed by atoms with E-state index in [9.17, 15) is 0 Å². The molecule has 2 nitrogen and oxygen atoms in total. The highest BCUT2D eigenvalue weighted by molar-refractivity contribution is 8.69. The van der Waals surface area contributed by atoms with E-state index in [-0.39, 0.29) is 0 Å². The minimum absolute atomic E-state index is 0.310. The maximum atomic E-state index is 5.67. The lowest BCUT2D eigenvalue weighted by molar-refractivity contribution is 0.495. The Kier molecular flexibility index (Phi) is 3.85. The van der Waals surface area contributed by atoms with E-state index in [1.807, 2.05) is 14.1 Å². The predicted molar refractivity (Wildman–Crippen MR) is 65.4 cm³/mol. The van der Waals surface area contributed by atoms with Crippen molar-refractivity contribution in [1.82, 2.24) is 9.34 Å². The Balaban J connectivity index is 2.83. The second-order valence-corrected chi connectivity index (χ2v) is 10.9. The van der Waals surface area contributed by atoms with Gasteiger partial charge in [0.25, 0.3) is 0 Å². The van der Waals surface area contributed by atoms with Gasteiger partial charge < -0.3 is 0 Å². The predicted octanol–water partition coefficient (Wildman–Crippen LogP) is 1.84. The molecule has 1 aliphatic heterocycles. The van der Waals surface area contributed by atoms with E-state index < -0.39 is 5.54 Å². The van der Waals surface area contributed by atoms with Crippen LogP contribution in [0.4, 0.5) is 0 Å². The van der Waals surface area contributed by atoms with Crippen LogP contribution in [0.3, 0.4) is 0 Å². The van der Waals surface area contributed by atoms with Crippen molar-refractivity contribution in [3.05, 3.63) is 0 Å². The third kappa shape index (κ3) is 2.29. The van der Waals surface area contributed by atoms with Gasteiger partial charge in [0.15, 0.2) is 0 Å². The SMILES string of the molecule is C#CC1CCN(C)P(=S)(N(C)C)S1. The molecular formula is C8H15N2PS2. The molecule has 0 aromatic rings. The van der Waals surface area contributed by atoms with E-state index in [1.165, 1.54) is 0 Å². The van der Waals surface area contributed by atoms with Crippen LogP contribution in [0.15, 0.2) is 0 Å². The Morgan fingerprint density at radius 1 is 1.69 bits per heavy atom. The molecule has 5 heteroatoms. The van der Waals surface area contributed by atoms with Gasteiger partial charge in [0.1, 0.15) is 5.54 Å². The van der Waals surface area contributed by atoms with E-state index in [0.29, 0.717) is 5.25 Å². The average molecular weight is 234 g/mol. The zero-order valence-electron chi connectivity index (χ0n) is 8.23. The molecule has 1 saturated heterocycles. The molecule has 0 saturated carbocycles. The summed E-state index contributed by atoms with van der Waals surface area (Å²) in [7, 11) is 6.19. The Morgan fingerprint density at radius 3 is 2.77 bits per heavy atom. The van der Waals surface area contributed by atoms with Crippen molar-refractivity contribution >= 4 is 28.7 Å². The number of rotatable bonds is 1. The van der Waals surface area contributed by atoms with Crippen LogP contribution in [0.2, 0.25) is 0 Å². The fourth-order valence-electron chi connectivity index (χ4n) is 1.24. The Bertz CT molecular complexity index is 272. The van der Waals surface area contributed by atoms with E-state index in [1.54, 1.807) is 11.4 Å². The third-order valence-corrected chi connectivity index (χ3v) is 11.1. The molecule has 0 bridgehead atoms. The van der Waals surface area contributed by atoms with Crippen LogP contribution in [0.5, 0.6) is 0 Å². The summed E-state index contributed by atoms with van der Waals surface area (Å²) in [5, 5.41) is 0.310. The number of terminal acetylenes is 1. The fraction of sp³-hybridized carbons (Fsp3) is 0.750. The molecule has 0 aliphatic carbocycles. The maximum absolute atomic E-state index is 5.67. The van der Waals surface area contributed by atoms with Crippen molar-refractivity contribution in [2.45, 2.75) is 11.7 Å². The fourth-order valence-corrected chi connectivity index (χ4v) is 7.14. The lowest BCUT2D eigenvalue weighted by Crippen LogP contribution is -2.30. The number of nitrogens with zero attached hydrogens (tertiary/aromatic N) is 2. The van der Waals surface area contributed by atoms with Crippen molar-refractivity contribution in [3.63, 3.8) is 0 Å². The highest BCUT2D eigenvalue weighted by atomic mass is 32.9. The molecule has 0 aromatic heterocycles. The topological polar surface area (TPSA) is 6.48 Å². The van der Waals surface area contributed by atoms with Crippen LogP contribution in [0.1, 0.15) is 6.42 Å². The van der Waals surface area contributed by atoms with Crippen LogP contribution in [-0.2, 0) is 11.8 Å². The first-order valence-electron chi connectivity index (χ1n) is 4.14. The highest BCUT2D eigenvalue weighted by Gasteiger charge is 2.33. The normalized spacial score (nSPS) is 36.1. The molecule has 1 heterocycles. The minimum Gasteiger partial charge on any atom is -0.262 e. The Hall–Kier alpha value is 0.480. The standard InChI is InChI=1S/C8H15N2PS2/c1-5-8-6-7-10(4)11(12,13-8)9(2)3/h1,8H,6-7H2,2-4H3. The lowest BCUT2D eigenvalue weighted by atomic mass is 10.3. The van der Waals surface area contributed by atoms with Crippen LogP contribution >= 0.6 is 16.9 Å². The number of hydrogen-bond donors (Lipinski definition) is 0. The summed E-state index contributed by atoms with van der Waals surface area (Å²) in [6.45, 7) is 1.03. The molecule has 13 heavy (non-hydrogen) atoms. The summed E-state index contributed by atoms with van der Waals surface area (Å²) in [5.74, 6) is 2.81. The van der Waals surface area contributed by atoms with Crippen molar-refractivity contribution in [2.24, 2.45) is 0 Å². The largest absolute Gasteiger partial charge is 0.262 e. The summed E-state index contributed by atoms with van der Waals surface area (Å²) >= 11 is 7.47. The second-order valence-electron chi connectivity index (χ2n) is 3.27. The number of hydrogen-bond acceptors (Lipinski definition) is 2. The molecule has 2 atom stereocenters. The van der Waals surface area contributed by atoms with Gasteiger partial charge in [0.05, 0.1) is 5.25 Å². The summed E-state index contributed by atoms with van der Waals surface area (Å²) < 4.78 is 4.43. The lowest BCUT2D eigenvalue weighted by Gasteiger charge is -2.41. The van der Waals surface area contributed by atoms with Crippen LogP contribution in [0, 0.1) is 12.3 Å². The first kappa shape index (κ1) is 11.6. The van der Waals surface area contributed by atoms with Gasteiger partial charge in [0.2, 0.25) is 0 Å². The van der Waals surface area contributed by atoms with E-state index >= 15 is 0 Å². The van der Waals surface area contributed by atoms with E-state index in [2.05, 4.69) is 22.3 Å².